The molecule has 1 saturated carbocycles. The van der Waals surface area contributed by atoms with Crippen LogP contribution in [0.4, 0.5) is 45.5 Å². The summed E-state index contributed by atoms with van der Waals surface area (Å²) in [6, 6.07) is 73.7. The first-order chi connectivity index (χ1) is 38.4. The Morgan fingerprint density at radius 1 is 0.388 bits per heavy atom. The summed E-state index contributed by atoms with van der Waals surface area (Å²) in [5.74, 6) is 0. The van der Waals surface area contributed by atoms with Crippen LogP contribution in [0.25, 0.3) is 33.4 Å². The zero-order valence-corrected chi connectivity index (χ0v) is 48.5. The van der Waals surface area contributed by atoms with Gasteiger partial charge in [-0.1, -0.05) is 196 Å². The highest BCUT2D eigenvalue weighted by Crippen LogP contribution is 2.62. The van der Waals surface area contributed by atoms with E-state index < -0.39 is 0 Å². The molecular formula is C76H74BN3. The molecule has 3 heterocycles. The molecule has 0 saturated heterocycles. The number of fused-ring (bicyclic) bond motifs is 9. The van der Waals surface area contributed by atoms with E-state index in [0.29, 0.717) is 0 Å². The van der Waals surface area contributed by atoms with Crippen LogP contribution in [0.15, 0.2) is 188 Å². The van der Waals surface area contributed by atoms with Crippen LogP contribution in [0.5, 0.6) is 0 Å². The average Bonchev–Trinajstić information content (AvgIpc) is 2.39. The zero-order valence-electron chi connectivity index (χ0n) is 48.5. The summed E-state index contributed by atoms with van der Waals surface area (Å²) in [6.07, 6.45) is 9.08. The first-order valence-electron chi connectivity index (χ1n) is 29.9. The van der Waals surface area contributed by atoms with Crippen LogP contribution in [0.3, 0.4) is 0 Å². The third-order valence-electron chi connectivity index (χ3n) is 20.3. The molecule has 3 nitrogen and oxygen atoms in total. The lowest BCUT2D eigenvalue weighted by Crippen LogP contribution is -2.61. The van der Waals surface area contributed by atoms with Crippen LogP contribution >= 0.6 is 0 Å². The number of nitrogens with zero attached hydrogens (tertiary/aromatic N) is 3. The Balaban J connectivity index is 1.02. The summed E-state index contributed by atoms with van der Waals surface area (Å²) in [4.78, 5) is 8.22. The second-order valence-corrected chi connectivity index (χ2v) is 27.9. The van der Waals surface area contributed by atoms with Crippen molar-refractivity contribution >= 4 is 68.6 Å². The number of anilines is 8. The lowest BCUT2D eigenvalue weighted by molar-refractivity contribution is 0.195. The summed E-state index contributed by atoms with van der Waals surface area (Å²) in [5, 5.41) is 0. The maximum Gasteiger partial charge on any atom is 0.252 e. The molecule has 15 rings (SSSR count). The highest BCUT2D eigenvalue weighted by Gasteiger charge is 2.58. The Morgan fingerprint density at radius 2 is 0.887 bits per heavy atom. The van der Waals surface area contributed by atoms with Gasteiger partial charge in [-0.05, 0) is 206 Å². The maximum absolute atomic E-state index is 2.84. The van der Waals surface area contributed by atoms with Gasteiger partial charge in [0.25, 0.3) is 6.71 Å². The van der Waals surface area contributed by atoms with Gasteiger partial charge in [0.2, 0.25) is 0 Å². The van der Waals surface area contributed by atoms with E-state index in [4.69, 9.17) is 0 Å². The lowest BCUT2D eigenvalue weighted by Gasteiger charge is -2.51. The van der Waals surface area contributed by atoms with E-state index in [1.165, 1.54) is 141 Å². The van der Waals surface area contributed by atoms with E-state index in [-0.39, 0.29) is 33.9 Å². The summed E-state index contributed by atoms with van der Waals surface area (Å²) < 4.78 is 0. The van der Waals surface area contributed by atoms with Gasteiger partial charge in [-0.2, -0.15) is 0 Å². The maximum atomic E-state index is 2.84. The predicted octanol–water partition coefficient (Wildman–Crippen LogP) is 18.1. The van der Waals surface area contributed by atoms with E-state index in [0.717, 1.165) is 38.5 Å². The summed E-state index contributed by atoms with van der Waals surface area (Å²) in [5.41, 5.74) is 31.0. The Hall–Kier alpha value is -7.56. The van der Waals surface area contributed by atoms with E-state index in [9.17, 15) is 0 Å². The average molecular weight is 1040 g/mol. The van der Waals surface area contributed by atoms with E-state index in [1.54, 1.807) is 0 Å². The fourth-order valence-corrected chi connectivity index (χ4v) is 16.1. The first-order valence-corrected chi connectivity index (χ1v) is 29.9. The number of rotatable bonds is 6. The summed E-state index contributed by atoms with van der Waals surface area (Å²) in [6.45, 7) is 22.0. The van der Waals surface area contributed by atoms with Crippen molar-refractivity contribution < 1.29 is 0 Å². The van der Waals surface area contributed by atoms with Gasteiger partial charge in [0.15, 0.2) is 0 Å². The van der Waals surface area contributed by atoms with E-state index >= 15 is 0 Å². The molecule has 80 heavy (non-hydrogen) atoms. The molecule has 9 aromatic carbocycles. The standard InChI is InChI=1S/C76H74BN3/c1-72(2,3)59-29-22-52(23-30-59)53-27-34-66-63(39-53)75(8)36-16-17-37-76(75,9)80(66)62-43-69-71-70(44-62)79(61-33-26-55-45-73(4,5)46-56(55)38-61)68-42-58-48-74(6,7)47-57(58)41-65(68)77(71)64-40-54(50-20-14-11-15-21-50)28-35-67(64)78(69)60-31-24-51(25-32-60)49-18-12-10-13-19-49/h10-15,18-35,38-44H,16-17,36-37,45-48H2,1-9H3. The van der Waals surface area contributed by atoms with Gasteiger partial charge in [0, 0.05) is 50.9 Å². The van der Waals surface area contributed by atoms with Crippen molar-refractivity contribution in [1.82, 2.24) is 0 Å². The van der Waals surface area contributed by atoms with Crippen LogP contribution in [-0.2, 0) is 36.5 Å². The molecule has 0 bridgehead atoms. The molecule has 0 amide bonds. The molecule has 3 aliphatic heterocycles. The molecule has 0 spiro atoms. The van der Waals surface area contributed by atoms with Crippen LogP contribution in [0, 0.1) is 10.8 Å². The van der Waals surface area contributed by atoms with Gasteiger partial charge >= 0.3 is 0 Å². The highest BCUT2D eigenvalue weighted by atomic mass is 15.3. The monoisotopic (exact) mass is 1040 g/mol. The molecule has 0 aromatic heterocycles. The molecule has 6 aliphatic rings. The summed E-state index contributed by atoms with van der Waals surface area (Å²) in [7, 11) is 0. The summed E-state index contributed by atoms with van der Waals surface area (Å²) >= 11 is 0. The van der Waals surface area contributed by atoms with E-state index in [2.05, 4.69) is 265 Å². The third-order valence-corrected chi connectivity index (χ3v) is 20.3. The topological polar surface area (TPSA) is 9.72 Å². The molecule has 1 fully saturated rings. The Morgan fingerprint density at radius 3 is 1.55 bits per heavy atom. The van der Waals surface area contributed by atoms with Crippen molar-refractivity contribution in [2.75, 3.05) is 14.7 Å². The molecule has 9 aromatic rings. The molecule has 0 N–H and O–H groups in total. The number of benzene rings is 9. The first kappa shape index (κ1) is 49.5. The van der Waals surface area contributed by atoms with Crippen molar-refractivity contribution in [1.29, 1.82) is 0 Å². The normalized spacial score (nSPS) is 20.6. The molecule has 3 aliphatic carbocycles. The molecule has 0 radical (unpaired) electrons. The Labute approximate surface area is 476 Å². The smallest absolute Gasteiger partial charge is 0.252 e. The van der Waals surface area contributed by atoms with Gasteiger partial charge in [-0.25, -0.2) is 0 Å². The molecule has 396 valence electrons. The van der Waals surface area contributed by atoms with Gasteiger partial charge in [-0.15, -0.1) is 0 Å². The minimum absolute atomic E-state index is 0.00481. The number of hydrogen-bond donors (Lipinski definition) is 0. The molecular weight excluding hydrogens is 966 g/mol. The van der Waals surface area contributed by atoms with Crippen molar-refractivity contribution in [3.63, 3.8) is 0 Å². The second kappa shape index (κ2) is 17.5. The Kier molecular flexibility index (Phi) is 10.8. The SMILES string of the molecule is CC1(C)Cc2ccc(N3c4cc5c(cc4B4c6cc(-c7ccccc7)ccc6N(c6ccc(-c7ccccc7)cc6)c6cc(N7c8ccc(-c9ccc(C(C)(C)C)cc9)cc8C8(C)CCCCC78C)cc3c64)CC(C)(C)C5)cc2C1. The predicted molar refractivity (Wildman–Crippen MR) is 341 cm³/mol. The minimum atomic E-state index is -0.176. The van der Waals surface area contributed by atoms with Crippen LogP contribution in [-0.4, -0.2) is 12.3 Å². The highest BCUT2D eigenvalue weighted by molar-refractivity contribution is 7.00. The quantitative estimate of drug-likeness (QED) is 0.154. The van der Waals surface area contributed by atoms with Crippen LogP contribution in [0.1, 0.15) is 121 Å². The van der Waals surface area contributed by atoms with E-state index in [1.807, 2.05) is 0 Å². The van der Waals surface area contributed by atoms with Crippen molar-refractivity contribution in [3.05, 3.63) is 221 Å². The fourth-order valence-electron chi connectivity index (χ4n) is 16.1. The fraction of sp³-hybridized carbons (Fsp3) is 0.289. The van der Waals surface area contributed by atoms with Crippen molar-refractivity contribution in [2.45, 2.75) is 130 Å². The van der Waals surface area contributed by atoms with Crippen molar-refractivity contribution in [3.8, 4) is 33.4 Å². The van der Waals surface area contributed by atoms with Gasteiger partial charge < -0.3 is 14.7 Å². The third kappa shape index (κ3) is 7.60. The molecule has 2 unspecified atom stereocenters. The van der Waals surface area contributed by atoms with Crippen molar-refractivity contribution in [2.24, 2.45) is 10.8 Å². The minimum Gasteiger partial charge on any atom is -0.334 e. The molecule has 2 atom stereocenters. The lowest BCUT2D eigenvalue weighted by atomic mass is 9.33. The van der Waals surface area contributed by atoms with Gasteiger partial charge in [-0.3, -0.25) is 0 Å². The van der Waals surface area contributed by atoms with Gasteiger partial charge in [0.05, 0.1) is 5.54 Å². The largest absolute Gasteiger partial charge is 0.334 e. The zero-order chi connectivity index (χ0) is 54.7. The molecule has 4 heteroatoms. The van der Waals surface area contributed by atoms with Gasteiger partial charge in [0.1, 0.15) is 0 Å². The van der Waals surface area contributed by atoms with Crippen LogP contribution in [0.2, 0.25) is 0 Å². The van der Waals surface area contributed by atoms with Crippen LogP contribution < -0.4 is 31.1 Å². The Bertz CT molecular complexity index is 3980. The number of hydrogen-bond acceptors (Lipinski definition) is 3. The second-order valence-electron chi connectivity index (χ2n) is 27.9.